The maximum Gasteiger partial charge on any atom is 0.330 e. The quantitative estimate of drug-likeness (QED) is 0.353. The number of esters is 1. The summed E-state index contributed by atoms with van der Waals surface area (Å²) in [5.41, 5.74) is 1.13. The van der Waals surface area contributed by atoms with E-state index in [4.69, 9.17) is 4.74 Å². The van der Waals surface area contributed by atoms with Gasteiger partial charge in [0.2, 0.25) is 0 Å². The third-order valence-corrected chi connectivity index (χ3v) is 1.04. The van der Waals surface area contributed by atoms with E-state index in [1.165, 1.54) is 0 Å². The molecule has 0 radical (unpaired) electrons. The van der Waals surface area contributed by atoms with Gasteiger partial charge in [0.05, 0.1) is 0 Å². The molecule has 2 heteroatoms. The summed E-state index contributed by atoms with van der Waals surface area (Å²) in [5, 5.41) is 0. The monoisotopic (exact) mass is 154 g/mol. The molecule has 0 heterocycles. The summed E-state index contributed by atoms with van der Waals surface area (Å²) in [5.74, 6) is -0.380. The molecule has 62 valence electrons. The van der Waals surface area contributed by atoms with Gasteiger partial charge in [-0.25, -0.2) is 4.79 Å². The molecule has 0 aromatic carbocycles. The second-order valence-electron chi connectivity index (χ2n) is 2.59. The molecule has 2 nitrogen and oxygen atoms in total. The Morgan fingerprint density at radius 3 is 2.45 bits per heavy atom. The number of carbonyl (C=O) groups is 1. The summed E-state index contributed by atoms with van der Waals surface area (Å²) in [4.78, 5) is 10.6. The second kappa shape index (κ2) is 4.72. The lowest BCUT2D eigenvalue weighted by molar-refractivity contribution is -0.140. The van der Waals surface area contributed by atoms with Crippen molar-refractivity contribution in [3.8, 4) is 0 Å². The first-order valence-corrected chi connectivity index (χ1v) is 3.54. The number of hydrogen-bond donors (Lipinski definition) is 0. The molecule has 0 aliphatic carbocycles. The molecule has 1 unspecified atom stereocenters. The van der Waals surface area contributed by atoms with Gasteiger partial charge in [0.1, 0.15) is 6.10 Å². The van der Waals surface area contributed by atoms with E-state index in [0.29, 0.717) is 0 Å². The Kier molecular flexibility index (Phi) is 4.27. The highest BCUT2D eigenvalue weighted by atomic mass is 16.5. The van der Waals surface area contributed by atoms with Gasteiger partial charge in [-0.3, -0.25) is 0 Å². The minimum Gasteiger partial charge on any atom is -0.455 e. The van der Waals surface area contributed by atoms with Crippen LogP contribution < -0.4 is 0 Å². The highest BCUT2D eigenvalue weighted by molar-refractivity contribution is 5.81. The molecule has 0 bridgehead atoms. The zero-order valence-corrected chi connectivity index (χ0v) is 7.26. The molecule has 0 amide bonds. The second-order valence-corrected chi connectivity index (χ2v) is 2.59. The number of ether oxygens (including phenoxy) is 1. The van der Waals surface area contributed by atoms with Crippen LogP contribution in [0.1, 0.15) is 20.8 Å². The molecular formula is C9H14O2. The minimum absolute atomic E-state index is 0.162. The molecule has 0 saturated carbocycles. The molecular weight excluding hydrogens is 140 g/mol. The lowest BCUT2D eigenvalue weighted by Gasteiger charge is -2.06. The van der Waals surface area contributed by atoms with Crippen molar-refractivity contribution in [2.24, 2.45) is 0 Å². The van der Waals surface area contributed by atoms with E-state index in [0.717, 1.165) is 11.6 Å². The molecule has 0 N–H and O–H groups in total. The van der Waals surface area contributed by atoms with E-state index >= 15 is 0 Å². The van der Waals surface area contributed by atoms with E-state index in [1.54, 1.807) is 0 Å². The fraction of sp³-hybridized carbons (Fsp3) is 0.444. The van der Waals surface area contributed by atoms with E-state index in [9.17, 15) is 4.79 Å². The molecule has 0 rings (SSSR count). The van der Waals surface area contributed by atoms with Crippen molar-refractivity contribution in [3.05, 3.63) is 24.3 Å². The number of hydrogen-bond acceptors (Lipinski definition) is 2. The van der Waals surface area contributed by atoms with Crippen molar-refractivity contribution in [2.75, 3.05) is 0 Å². The summed E-state index contributed by atoms with van der Waals surface area (Å²) in [6.45, 7) is 9.02. The largest absolute Gasteiger partial charge is 0.455 e. The lowest BCUT2D eigenvalue weighted by Crippen LogP contribution is -2.10. The van der Waals surface area contributed by atoms with Gasteiger partial charge in [-0.2, -0.15) is 0 Å². The van der Waals surface area contributed by atoms with Crippen LogP contribution in [0.5, 0.6) is 0 Å². The molecule has 0 fully saturated rings. The van der Waals surface area contributed by atoms with Gasteiger partial charge in [0.15, 0.2) is 0 Å². The zero-order chi connectivity index (χ0) is 8.85. The van der Waals surface area contributed by atoms with Crippen molar-refractivity contribution in [1.82, 2.24) is 0 Å². The third kappa shape index (κ3) is 5.40. The van der Waals surface area contributed by atoms with Crippen molar-refractivity contribution >= 4 is 5.97 Å². The van der Waals surface area contributed by atoms with E-state index in [1.807, 2.05) is 26.8 Å². The number of rotatable bonds is 3. The molecule has 0 aliphatic heterocycles. The number of carbonyl (C=O) groups excluding carboxylic acids is 1. The Bertz CT molecular complexity index is 176. The smallest absolute Gasteiger partial charge is 0.330 e. The zero-order valence-electron chi connectivity index (χ0n) is 7.26. The van der Waals surface area contributed by atoms with Crippen LogP contribution in [0.15, 0.2) is 24.3 Å². The first kappa shape index (κ1) is 9.95. The Labute approximate surface area is 67.6 Å². The SMILES string of the molecule is C=CC(=O)OC(C)C=C(C)C. The van der Waals surface area contributed by atoms with Crippen molar-refractivity contribution < 1.29 is 9.53 Å². The van der Waals surface area contributed by atoms with Crippen molar-refractivity contribution in [3.63, 3.8) is 0 Å². The van der Waals surface area contributed by atoms with Crippen LogP contribution in [-0.2, 0) is 9.53 Å². The van der Waals surface area contributed by atoms with Gasteiger partial charge in [0, 0.05) is 6.08 Å². The Balaban J connectivity index is 3.87. The number of allylic oxidation sites excluding steroid dienone is 1. The highest BCUT2D eigenvalue weighted by Crippen LogP contribution is 1.98. The van der Waals surface area contributed by atoms with Crippen LogP contribution in [-0.4, -0.2) is 12.1 Å². The molecule has 1 atom stereocenters. The summed E-state index contributed by atoms with van der Waals surface area (Å²) in [7, 11) is 0. The average molecular weight is 154 g/mol. The first-order chi connectivity index (χ1) is 5.06. The van der Waals surface area contributed by atoms with Crippen LogP contribution in [0.2, 0.25) is 0 Å². The maximum atomic E-state index is 10.6. The third-order valence-electron chi connectivity index (χ3n) is 1.04. The Morgan fingerprint density at radius 2 is 2.09 bits per heavy atom. The van der Waals surface area contributed by atoms with Gasteiger partial charge in [-0.1, -0.05) is 12.2 Å². The van der Waals surface area contributed by atoms with Gasteiger partial charge >= 0.3 is 5.97 Å². The minimum atomic E-state index is -0.380. The van der Waals surface area contributed by atoms with E-state index < -0.39 is 0 Å². The average Bonchev–Trinajstić information content (AvgIpc) is 1.85. The lowest BCUT2D eigenvalue weighted by atomic mass is 10.2. The van der Waals surface area contributed by atoms with Crippen LogP contribution in [0.4, 0.5) is 0 Å². The molecule has 0 aliphatic rings. The summed E-state index contributed by atoms with van der Waals surface area (Å²) in [6, 6.07) is 0. The molecule has 0 aromatic heterocycles. The summed E-state index contributed by atoms with van der Waals surface area (Å²) in [6.07, 6.45) is 2.88. The Morgan fingerprint density at radius 1 is 1.55 bits per heavy atom. The van der Waals surface area contributed by atoms with Crippen LogP contribution in [0.25, 0.3) is 0 Å². The van der Waals surface area contributed by atoms with Crippen molar-refractivity contribution in [1.29, 1.82) is 0 Å². The van der Waals surface area contributed by atoms with Crippen LogP contribution in [0.3, 0.4) is 0 Å². The first-order valence-electron chi connectivity index (χ1n) is 3.54. The summed E-state index contributed by atoms with van der Waals surface area (Å²) >= 11 is 0. The van der Waals surface area contributed by atoms with Crippen molar-refractivity contribution in [2.45, 2.75) is 26.9 Å². The fourth-order valence-corrected chi connectivity index (χ4v) is 0.735. The predicted octanol–water partition coefficient (Wildman–Crippen LogP) is 2.07. The molecule has 0 spiro atoms. The van der Waals surface area contributed by atoms with Gasteiger partial charge in [-0.05, 0) is 26.8 Å². The summed E-state index contributed by atoms with van der Waals surface area (Å²) < 4.78 is 4.88. The topological polar surface area (TPSA) is 26.3 Å². The molecule has 0 aromatic rings. The standard InChI is InChI=1S/C9H14O2/c1-5-9(10)11-8(4)6-7(2)3/h5-6,8H,1H2,2-4H3. The van der Waals surface area contributed by atoms with Gasteiger partial charge in [0.25, 0.3) is 0 Å². The molecule has 11 heavy (non-hydrogen) atoms. The molecule has 0 saturated heterocycles. The van der Waals surface area contributed by atoms with Crippen LogP contribution in [0, 0.1) is 0 Å². The maximum absolute atomic E-state index is 10.6. The Hall–Kier alpha value is -1.05. The van der Waals surface area contributed by atoms with Gasteiger partial charge in [-0.15, -0.1) is 0 Å². The van der Waals surface area contributed by atoms with E-state index in [-0.39, 0.29) is 12.1 Å². The van der Waals surface area contributed by atoms with Gasteiger partial charge < -0.3 is 4.74 Å². The fourth-order valence-electron chi connectivity index (χ4n) is 0.735. The predicted molar refractivity (Wildman–Crippen MR) is 45.2 cm³/mol. The normalized spacial score (nSPS) is 11.5. The highest BCUT2D eigenvalue weighted by Gasteiger charge is 2.01. The van der Waals surface area contributed by atoms with Crippen LogP contribution >= 0.6 is 0 Å². The van der Waals surface area contributed by atoms with E-state index in [2.05, 4.69) is 6.58 Å².